The maximum atomic E-state index is 12.1. The van der Waals surface area contributed by atoms with Crippen molar-refractivity contribution < 1.29 is 17.9 Å². The number of sulfonamides is 1. The van der Waals surface area contributed by atoms with E-state index in [1.165, 1.54) is 18.2 Å². The Bertz CT molecular complexity index is 565. The Labute approximate surface area is 112 Å². The van der Waals surface area contributed by atoms with Gasteiger partial charge in [0.1, 0.15) is 0 Å². The van der Waals surface area contributed by atoms with Crippen molar-refractivity contribution in [2.45, 2.75) is 23.8 Å². The smallest absolute Gasteiger partial charge is 0.252 e. The van der Waals surface area contributed by atoms with Gasteiger partial charge in [0.25, 0.3) is 5.91 Å². The molecule has 3 N–H and O–H groups in total. The lowest BCUT2D eigenvalue weighted by Crippen LogP contribution is -2.39. The molecule has 6 nitrogen and oxygen atoms in total. The lowest BCUT2D eigenvalue weighted by atomic mass is 10.1. The summed E-state index contributed by atoms with van der Waals surface area (Å²) in [6.07, 6.45) is 1.45. The number of hydrogen-bond acceptors (Lipinski definition) is 4. The van der Waals surface area contributed by atoms with Gasteiger partial charge >= 0.3 is 0 Å². The second-order valence-corrected chi connectivity index (χ2v) is 5.93. The summed E-state index contributed by atoms with van der Waals surface area (Å²) in [4.78, 5) is 12.0. The van der Waals surface area contributed by atoms with Crippen LogP contribution >= 0.6 is 0 Å². The maximum absolute atomic E-state index is 12.1. The number of hydrogen-bond donors (Lipinski definition) is 2. The summed E-state index contributed by atoms with van der Waals surface area (Å²) in [6, 6.07) is 5.93. The van der Waals surface area contributed by atoms with Crippen LogP contribution < -0.4 is 10.5 Å². The summed E-state index contributed by atoms with van der Waals surface area (Å²) < 4.78 is 28.1. The predicted molar refractivity (Wildman–Crippen MR) is 69.1 cm³/mol. The Morgan fingerprint density at radius 1 is 1.26 bits per heavy atom. The molecule has 0 atom stereocenters. The molecule has 1 aromatic rings. The number of carbonyl (C=O) groups is 1. The van der Waals surface area contributed by atoms with E-state index in [0.29, 0.717) is 13.2 Å². The van der Waals surface area contributed by atoms with Crippen molar-refractivity contribution in [1.82, 2.24) is 5.32 Å². The summed E-state index contributed by atoms with van der Waals surface area (Å²) in [5.41, 5.74) is 0.0801. The summed E-state index contributed by atoms with van der Waals surface area (Å²) >= 11 is 0. The van der Waals surface area contributed by atoms with E-state index in [-0.39, 0.29) is 16.5 Å². The van der Waals surface area contributed by atoms with Crippen LogP contribution in [-0.4, -0.2) is 33.6 Å². The first-order chi connectivity index (χ1) is 8.98. The fourth-order valence-corrected chi connectivity index (χ4v) is 2.74. The molecular weight excluding hydrogens is 268 g/mol. The molecule has 1 fully saturated rings. The van der Waals surface area contributed by atoms with E-state index >= 15 is 0 Å². The maximum Gasteiger partial charge on any atom is 0.252 e. The minimum absolute atomic E-state index is 0.00906. The Kier molecular flexibility index (Phi) is 4.18. The molecule has 1 saturated heterocycles. The van der Waals surface area contributed by atoms with E-state index in [0.717, 1.165) is 12.8 Å². The van der Waals surface area contributed by atoms with Crippen LogP contribution in [0.5, 0.6) is 0 Å². The quantitative estimate of drug-likeness (QED) is 0.830. The van der Waals surface area contributed by atoms with Crippen molar-refractivity contribution >= 4 is 15.9 Å². The summed E-state index contributed by atoms with van der Waals surface area (Å²) in [6.45, 7) is 1.20. The molecule has 1 heterocycles. The summed E-state index contributed by atoms with van der Waals surface area (Å²) in [5, 5.41) is 7.91. The number of nitrogens with two attached hydrogens (primary N) is 1. The summed E-state index contributed by atoms with van der Waals surface area (Å²) in [7, 11) is -3.90. The van der Waals surface area contributed by atoms with Gasteiger partial charge in [-0.2, -0.15) is 0 Å². The fourth-order valence-electron chi connectivity index (χ4n) is 2.01. The number of amides is 1. The van der Waals surface area contributed by atoms with Crippen molar-refractivity contribution in [3.05, 3.63) is 29.8 Å². The molecule has 1 amide bonds. The van der Waals surface area contributed by atoms with E-state index in [2.05, 4.69) is 5.32 Å². The third-order valence-electron chi connectivity index (χ3n) is 2.99. The lowest BCUT2D eigenvalue weighted by molar-refractivity contribution is 0.0695. The molecule has 19 heavy (non-hydrogen) atoms. The molecule has 0 radical (unpaired) electrons. The number of carbonyl (C=O) groups excluding carboxylic acids is 1. The molecule has 0 saturated carbocycles. The largest absolute Gasteiger partial charge is 0.381 e. The molecular formula is C12H16N2O4S. The standard InChI is InChI=1S/C12H16N2O4S/c13-19(16,17)11-4-2-1-3-10(11)12(15)14-9-5-7-18-8-6-9/h1-4,9H,5-8H2,(H,14,15)(H2,13,16,17). The number of benzene rings is 1. The van der Waals surface area contributed by atoms with Crippen molar-refractivity contribution in [2.75, 3.05) is 13.2 Å². The Hall–Kier alpha value is -1.44. The van der Waals surface area contributed by atoms with Crippen LogP contribution in [0.3, 0.4) is 0 Å². The van der Waals surface area contributed by atoms with Gasteiger partial charge in [-0.25, -0.2) is 13.6 Å². The Morgan fingerprint density at radius 2 is 1.89 bits per heavy atom. The van der Waals surface area contributed by atoms with Crippen molar-refractivity contribution in [3.63, 3.8) is 0 Å². The van der Waals surface area contributed by atoms with Crippen LogP contribution in [0.1, 0.15) is 23.2 Å². The highest BCUT2D eigenvalue weighted by Crippen LogP contribution is 2.15. The molecule has 0 spiro atoms. The highest BCUT2D eigenvalue weighted by atomic mass is 32.2. The number of primary sulfonamides is 1. The zero-order valence-corrected chi connectivity index (χ0v) is 11.2. The Morgan fingerprint density at radius 3 is 2.53 bits per heavy atom. The molecule has 0 aromatic heterocycles. The van der Waals surface area contributed by atoms with Gasteiger partial charge in [-0.1, -0.05) is 12.1 Å². The van der Waals surface area contributed by atoms with Crippen molar-refractivity contribution in [3.8, 4) is 0 Å². The average Bonchev–Trinajstić information content (AvgIpc) is 2.39. The van der Waals surface area contributed by atoms with Gasteiger partial charge in [0.2, 0.25) is 10.0 Å². The molecule has 1 aliphatic rings. The van der Waals surface area contributed by atoms with Gasteiger partial charge in [-0.05, 0) is 25.0 Å². The first-order valence-corrected chi connectivity index (χ1v) is 7.53. The van der Waals surface area contributed by atoms with Crippen molar-refractivity contribution in [1.29, 1.82) is 0 Å². The molecule has 1 aliphatic heterocycles. The van der Waals surface area contributed by atoms with Crippen LogP contribution in [0, 0.1) is 0 Å². The van der Waals surface area contributed by atoms with Gasteiger partial charge < -0.3 is 10.1 Å². The zero-order chi connectivity index (χ0) is 13.9. The Balaban J connectivity index is 2.19. The van der Waals surface area contributed by atoms with Crippen LogP contribution in [0.15, 0.2) is 29.2 Å². The number of nitrogens with one attached hydrogen (secondary N) is 1. The third-order valence-corrected chi connectivity index (χ3v) is 3.96. The normalized spacial score (nSPS) is 17.1. The van der Waals surface area contributed by atoms with Gasteiger partial charge in [0.15, 0.2) is 0 Å². The highest BCUT2D eigenvalue weighted by Gasteiger charge is 2.22. The number of rotatable bonds is 3. The fraction of sp³-hybridized carbons (Fsp3) is 0.417. The highest BCUT2D eigenvalue weighted by molar-refractivity contribution is 7.89. The lowest BCUT2D eigenvalue weighted by Gasteiger charge is -2.23. The van der Waals surface area contributed by atoms with Crippen molar-refractivity contribution in [2.24, 2.45) is 5.14 Å². The second-order valence-electron chi connectivity index (χ2n) is 4.40. The van der Waals surface area contributed by atoms with Gasteiger partial charge in [-0.3, -0.25) is 4.79 Å². The average molecular weight is 284 g/mol. The van der Waals surface area contributed by atoms with Crippen LogP contribution in [-0.2, 0) is 14.8 Å². The minimum atomic E-state index is -3.90. The monoisotopic (exact) mass is 284 g/mol. The van der Waals surface area contributed by atoms with Crippen LogP contribution in [0.4, 0.5) is 0 Å². The zero-order valence-electron chi connectivity index (χ0n) is 10.3. The van der Waals surface area contributed by atoms with E-state index < -0.39 is 15.9 Å². The number of ether oxygens (including phenoxy) is 1. The predicted octanol–water partition coefficient (Wildman–Crippen LogP) is 0.243. The molecule has 0 bridgehead atoms. The SMILES string of the molecule is NS(=O)(=O)c1ccccc1C(=O)NC1CCOCC1. The molecule has 7 heteroatoms. The molecule has 104 valence electrons. The van der Waals surface area contributed by atoms with Crippen LogP contribution in [0.2, 0.25) is 0 Å². The molecule has 0 aliphatic carbocycles. The topological polar surface area (TPSA) is 98.5 Å². The van der Waals surface area contributed by atoms with E-state index in [1.54, 1.807) is 6.07 Å². The first-order valence-electron chi connectivity index (χ1n) is 5.99. The molecule has 0 unspecified atom stereocenters. The van der Waals surface area contributed by atoms with Gasteiger partial charge in [0.05, 0.1) is 10.5 Å². The second kappa shape index (κ2) is 5.68. The first kappa shape index (κ1) is 14.0. The molecule has 2 rings (SSSR count). The van der Waals surface area contributed by atoms with E-state index in [4.69, 9.17) is 9.88 Å². The van der Waals surface area contributed by atoms with Crippen LogP contribution in [0.25, 0.3) is 0 Å². The van der Waals surface area contributed by atoms with E-state index in [1.807, 2.05) is 0 Å². The third kappa shape index (κ3) is 3.52. The molecule has 1 aromatic carbocycles. The van der Waals surface area contributed by atoms with Gasteiger partial charge in [0, 0.05) is 19.3 Å². The van der Waals surface area contributed by atoms with Gasteiger partial charge in [-0.15, -0.1) is 0 Å². The van der Waals surface area contributed by atoms with E-state index in [9.17, 15) is 13.2 Å². The summed E-state index contributed by atoms with van der Waals surface area (Å²) in [5.74, 6) is -0.420. The minimum Gasteiger partial charge on any atom is -0.381 e.